The number of aromatic nitrogens is 1. The van der Waals surface area contributed by atoms with Gasteiger partial charge in [-0.15, -0.1) is 0 Å². The van der Waals surface area contributed by atoms with Crippen molar-refractivity contribution >= 4 is 44.1 Å². The van der Waals surface area contributed by atoms with E-state index in [0.717, 1.165) is 28.7 Å². The summed E-state index contributed by atoms with van der Waals surface area (Å²) in [6.45, 7) is 1.33. The molecule has 0 saturated carbocycles. The average Bonchev–Trinajstić information content (AvgIpc) is 2.82. The number of halogens is 2. The summed E-state index contributed by atoms with van der Waals surface area (Å²) < 4.78 is 40.2. The number of piperidine rings is 1. The largest absolute Gasteiger partial charge is 0.383 e. The molecule has 1 aliphatic heterocycles. The van der Waals surface area contributed by atoms with Gasteiger partial charge in [0.05, 0.1) is 16.3 Å². The third-order valence-electron chi connectivity index (χ3n) is 5.65. The number of nitrogens with one attached hydrogen (secondary N) is 2. The van der Waals surface area contributed by atoms with E-state index in [1.807, 2.05) is 12.1 Å². The zero-order valence-corrected chi connectivity index (χ0v) is 19.4. The summed E-state index contributed by atoms with van der Waals surface area (Å²) in [6.07, 6.45) is 2.89. The van der Waals surface area contributed by atoms with Crippen LogP contribution in [-0.4, -0.2) is 49.8 Å². The van der Waals surface area contributed by atoms with Gasteiger partial charge in [-0.05, 0) is 61.4 Å². The lowest BCUT2D eigenvalue weighted by atomic mass is 9.99. The Labute approximate surface area is 197 Å². The lowest BCUT2D eigenvalue weighted by molar-refractivity contribution is -0.125. The first-order valence-electron chi connectivity index (χ1n) is 10.7. The monoisotopic (exact) mass is 490 g/mol. The van der Waals surface area contributed by atoms with Crippen molar-refractivity contribution in [2.45, 2.75) is 17.7 Å². The molecule has 1 saturated heterocycles. The summed E-state index contributed by atoms with van der Waals surface area (Å²) in [6, 6.07) is 12.1. The van der Waals surface area contributed by atoms with E-state index in [1.54, 1.807) is 18.3 Å². The van der Waals surface area contributed by atoms with Crippen molar-refractivity contribution in [2.75, 3.05) is 31.5 Å². The zero-order valence-electron chi connectivity index (χ0n) is 17.8. The molecule has 1 amide bonds. The minimum atomic E-state index is -3.77. The number of carbonyl (C=O) groups is 1. The summed E-state index contributed by atoms with van der Waals surface area (Å²) in [4.78, 5) is 17.0. The van der Waals surface area contributed by atoms with Gasteiger partial charge < -0.3 is 10.6 Å². The first kappa shape index (κ1) is 23.4. The van der Waals surface area contributed by atoms with Crippen molar-refractivity contribution in [3.63, 3.8) is 0 Å². The predicted octanol–water partition coefficient (Wildman–Crippen LogP) is 3.66. The fourth-order valence-corrected chi connectivity index (χ4v) is 5.62. The maximum absolute atomic E-state index is 13.2. The first-order valence-corrected chi connectivity index (χ1v) is 12.5. The minimum absolute atomic E-state index is 0.0278. The molecular formula is C23H24ClFN4O3S. The summed E-state index contributed by atoms with van der Waals surface area (Å²) in [5.41, 5.74) is 1.67. The number of carbonyl (C=O) groups excluding carboxylic acids is 1. The van der Waals surface area contributed by atoms with E-state index in [4.69, 9.17) is 11.6 Å². The van der Waals surface area contributed by atoms with Crippen LogP contribution in [0.25, 0.3) is 10.9 Å². The van der Waals surface area contributed by atoms with Gasteiger partial charge in [0, 0.05) is 48.5 Å². The molecule has 2 aromatic carbocycles. The number of benzene rings is 2. The number of rotatable bonds is 7. The Balaban J connectivity index is 1.31. The van der Waals surface area contributed by atoms with Gasteiger partial charge >= 0.3 is 0 Å². The quantitative estimate of drug-likeness (QED) is 0.493. The number of nitrogens with zero attached hydrogens (tertiary/aromatic N) is 2. The van der Waals surface area contributed by atoms with Gasteiger partial charge in [-0.1, -0.05) is 11.6 Å². The number of amides is 1. The topological polar surface area (TPSA) is 91.4 Å². The highest BCUT2D eigenvalue weighted by Crippen LogP contribution is 2.25. The Morgan fingerprint density at radius 1 is 1.15 bits per heavy atom. The Morgan fingerprint density at radius 3 is 2.73 bits per heavy atom. The predicted molar refractivity (Wildman–Crippen MR) is 126 cm³/mol. The summed E-state index contributed by atoms with van der Waals surface area (Å²) in [5, 5.41) is 7.73. The molecule has 10 heteroatoms. The maximum Gasteiger partial charge on any atom is 0.243 e. The molecule has 1 aliphatic rings. The number of hydrogen-bond acceptors (Lipinski definition) is 5. The second kappa shape index (κ2) is 10.0. The van der Waals surface area contributed by atoms with Crippen LogP contribution in [0.5, 0.6) is 0 Å². The molecule has 0 aliphatic carbocycles. The molecule has 2 N–H and O–H groups in total. The van der Waals surface area contributed by atoms with Gasteiger partial charge in [0.1, 0.15) is 5.82 Å². The van der Waals surface area contributed by atoms with E-state index in [1.165, 1.54) is 16.4 Å². The van der Waals surface area contributed by atoms with Crippen molar-refractivity contribution in [3.05, 3.63) is 65.6 Å². The van der Waals surface area contributed by atoms with Gasteiger partial charge in [-0.3, -0.25) is 9.78 Å². The molecular weight excluding hydrogens is 467 g/mol. The van der Waals surface area contributed by atoms with Crippen molar-refractivity contribution in [2.24, 2.45) is 5.92 Å². The molecule has 0 unspecified atom stereocenters. The van der Waals surface area contributed by atoms with Crippen LogP contribution >= 0.6 is 11.6 Å². The van der Waals surface area contributed by atoms with Crippen molar-refractivity contribution in [1.29, 1.82) is 0 Å². The molecule has 1 aromatic heterocycles. The van der Waals surface area contributed by atoms with E-state index < -0.39 is 21.8 Å². The summed E-state index contributed by atoms with van der Waals surface area (Å²) >= 11 is 6.02. The molecule has 4 rings (SSSR count). The van der Waals surface area contributed by atoms with Crippen LogP contribution in [0, 0.1) is 11.7 Å². The van der Waals surface area contributed by atoms with Crippen LogP contribution in [-0.2, 0) is 14.8 Å². The van der Waals surface area contributed by atoms with Crippen LogP contribution in [0.15, 0.2) is 59.6 Å². The van der Waals surface area contributed by atoms with Crippen LogP contribution in [0.4, 0.5) is 10.1 Å². The number of anilines is 1. The van der Waals surface area contributed by atoms with E-state index >= 15 is 0 Å². The summed E-state index contributed by atoms with van der Waals surface area (Å²) in [7, 11) is -3.77. The van der Waals surface area contributed by atoms with E-state index in [9.17, 15) is 17.6 Å². The van der Waals surface area contributed by atoms with Gasteiger partial charge in [0.15, 0.2) is 0 Å². The Hall–Kier alpha value is -2.75. The molecule has 0 spiro atoms. The standard InChI is InChI=1S/C23H24ClFN4O3S/c24-17-3-8-20-21(9-10-26-22(20)14-17)27-11-12-28-23(30)16-2-1-13-29(15-16)33(31,32)19-6-4-18(25)5-7-19/h3-10,14,16H,1-2,11-13,15H2,(H,26,27)(H,28,30)/t16-/m0/s1. The highest BCUT2D eigenvalue weighted by Gasteiger charge is 2.33. The molecule has 1 atom stereocenters. The third-order valence-corrected chi connectivity index (χ3v) is 7.77. The second-order valence-electron chi connectivity index (χ2n) is 7.89. The fourth-order valence-electron chi connectivity index (χ4n) is 3.93. The Kier molecular flexibility index (Phi) is 7.11. The molecule has 1 fully saturated rings. The molecule has 0 radical (unpaired) electrons. The molecule has 174 valence electrons. The van der Waals surface area contributed by atoms with Crippen molar-refractivity contribution in [1.82, 2.24) is 14.6 Å². The second-order valence-corrected chi connectivity index (χ2v) is 10.3. The van der Waals surface area contributed by atoms with Crippen LogP contribution in [0.2, 0.25) is 5.02 Å². The Bertz CT molecular complexity index is 1250. The number of hydrogen-bond donors (Lipinski definition) is 2. The van der Waals surface area contributed by atoms with Gasteiger partial charge in [-0.25, -0.2) is 12.8 Å². The average molecular weight is 491 g/mol. The van der Waals surface area contributed by atoms with Gasteiger partial charge in [0.2, 0.25) is 15.9 Å². The zero-order chi connectivity index (χ0) is 23.4. The first-order chi connectivity index (χ1) is 15.8. The molecule has 3 aromatic rings. The number of pyridine rings is 1. The van der Waals surface area contributed by atoms with Crippen molar-refractivity contribution in [3.8, 4) is 0 Å². The normalized spacial score (nSPS) is 17.1. The van der Waals surface area contributed by atoms with E-state index in [-0.39, 0.29) is 17.3 Å². The Morgan fingerprint density at radius 2 is 1.94 bits per heavy atom. The summed E-state index contributed by atoms with van der Waals surface area (Å²) in [5.74, 6) is -1.11. The van der Waals surface area contributed by atoms with E-state index in [2.05, 4.69) is 15.6 Å². The highest BCUT2D eigenvalue weighted by atomic mass is 35.5. The number of sulfonamides is 1. The van der Waals surface area contributed by atoms with Crippen molar-refractivity contribution < 1.29 is 17.6 Å². The number of fused-ring (bicyclic) bond motifs is 1. The van der Waals surface area contributed by atoms with E-state index in [0.29, 0.717) is 37.5 Å². The molecule has 0 bridgehead atoms. The maximum atomic E-state index is 13.2. The van der Waals surface area contributed by atoms with Crippen LogP contribution in [0.3, 0.4) is 0 Å². The molecule has 7 nitrogen and oxygen atoms in total. The highest BCUT2D eigenvalue weighted by molar-refractivity contribution is 7.89. The van der Waals surface area contributed by atoms with Gasteiger partial charge in [0.25, 0.3) is 0 Å². The van der Waals surface area contributed by atoms with Gasteiger partial charge in [-0.2, -0.15) is 4.31 Å². The SMILES string of the molecule is O=C(NCCNc1ccnc2cc(Cl)ccc12)[C@H]1CCCN(S(=O)(=O)c2ccc(F)cc2)C1. The lowest BCUT2D eigenvalue weighted by Gasteiger charge is -2.31. The van der Waals surface area contributed by atoms with Crippen LogP contribution in [0.1, 0.15) is 12.8 Å². The lowest BCUT2D eigenvalue weighted by Crippen LogP contribution is -2.46. The fraction of sp³-hybridized carbons (Fsp3) is 0.304. The molecule has 2 heterocycles. The minimum Gasteiger partial charge on any atom is -0.383 e. The third kappa shape index (κ3) is 5.43. The van der Waals surface area contributed by atoms with Crippen LogP contribution < -0.4 is 10.6 Å². The smallest absolute Gasteiger partial charge is 0.243 e. The molecule has 33 heavy (non-hydrogen) atoms.